The van der Waals surface area contributed by atoms with Crippen molar-refractivity contribution in [2.45, 2.75) is 57.1 Å². The van der Waals surface area contributed by atoms with Gasteiger partial charge in [-0.2, -0.15) is 0 Å². The first-order valence-corrected chi connectivity index (χ1v) is 9.53. The summed E-state index contributed by atoms with van der Waals surface area (Å²) in [6.45, 7) is 0.827. The second kappa shape index (κ2) is 7.12. The summed E-state index contributed by atoms with van der Waals surface area (Å²) < 4.78 is 0. The van der Waals surface area contributed by atoms with Crippen LogP contribution < -0.4 is 0 Å². The van der Waals surface area contributed by atoms with E-state index in [-0.39, 0.29) is 24.0 Å². The van der Waals surface area contributed by atoms with Crippen molar-refractivity contribution in [3.05, 3.63) is 42.1 Å². The van der Waals surface area contributed by atoms with Gasteiger partial charge < -0.3 is 10.0 Å². The Labute approximate surface area is 148 Å². The van der Waals surface area contributed by atoms with Gasteiger partial charge in [-0.3, -0.25) is 9.78 Å². The van der Waals surface area contributed by atoms with Crippen LogP contribution in [0.1, 0.15) is 44.1 Å². The number of fused-ring (bicyclic) bond motifs is 1. The second-order valence-corrected chi connectivity index (χ2v) is 7.53. The summed E-state index contributed by atoms with van der Waals surface area (Å²) in [5.41, 5.74) is 1.93. The van der Waals surface area contributed by atoms with Crippen molar-refractivity contribution >= 4 is 16.8 Å². The molecule has 0 unspecified atom stereocenters. The Kier molecular flexibility index (Phi) is 4.71. The average Bonchev–Trinajstić information content (AvgIpc) is 3.11. The van der Waals surface area contributed by atoms with Gasteiger partial charge in [-0.25, -0.2) is 0 Å². The van der Waals surface area contributed by atoms with Gasteiger partial charge in [0.2, 0.25) is 5.91 Å². The van der Waals surface area contributed by atoms with Gasteiger partial charge in [0.15, 0.2) is 0 Å². The van der Waals surface area contributed by atoms with E-state index < -0.39 is 0 Å². The maximum atomic E-state index is 12.9. The second-order valence-electron chi connectivity index (χ2n) is 7.53. The van der Waals surface area contributed by atoms with E-state index in [1.807, 2.05) is 35.4 Å². The van der Waals surface area contributed by atoms with Crippen LogP contribution in [0.3, 0.4) is 0 Å². The molecular formula is C21H26N2O2. The summed E-state index contributed by atoms with van der Waals surface area (Å²) in [6.07, 6.45) is 8.28. The molecule has 1 N–H and O–H groups in total. The fourth-order valence-corrected chi connectivity index (χ4v) is 4.63. The van der Waals surface area contributed by atoms with Gasteiger partial charge in [-0.1, -0.05) is 31.0 Å². The largest absolute Gasteiger partial charge is 0.393 e. The number of nitrogens with zero attached hydrogens (tertiary/aromatic N) is 2. The molecule has 1 saturated carbocycles. The van der Waals surface area contributed by atoms with Crippen molar-refractivity contribution in [1.29, 1.82) is 0 Å². The van der Waals surface area contributed by atoms with E-state index in [9.17, 15) is 9.90 Å². The molecule has 4 nitrogen and oxygen atoms in total. The van der Waals surface area contributed by atoms with E-state index in [2.05, 4.69) is 11.1 Å². The Hall–Kier alpha value is -1.94. The lowest BCUT2D eigenvalue weighted by Gasteiger charge is -2.37. The molecule has 0 spiro atoms. The molecule has 1 amide bonds. The van der Waals surface area contributed by atoms with Crippen LogP contribution in [-0.2, 0) is 11.2 Å². The van der Waals surface area contributed by atoms with Gasteiger partial charge in [-0.05, 0) is 43.4 Å². The van der Waals surface area contributed by atoms with Gasteiger partial charge in [0, 0.05) is 30.1 Å². The van der Waals surface area contributed by atoms with Gasteiger partial charge in [0.05, 0.1) is 18.0 Å². The molecule has 1 aromatic carbocycles. The van der Waals surface area contributed by atoms with Crippen LogP contribution in [0.5, 0.6) is 0 Å². The summed E-state index contributed by atoms with van der Waals surface area (Å²) in [4.78, 5) is 19.4. The Balaban J connectivity index is 1.49. The SMILES string of the molecule is O=C(Cc1cnc2ccccc2c1)N1CCC[C@@H]1[C@H]1CCCC[C@H]1O. The summed E-state index contributed by atoms with van der Waals surface area (Å²) >= 11 is 0. The third-order valence-electron chi connectivity index (χ3n) is 5.90. The smallest absolute Gasteiger partial charge is 0.227 e. The topological polar surface area (TPSA) is 53.4 Å². The number of aliphatic hydroxyl groups excluding tert-OH is 1. The third kappa shape index (κ3) is 3.40. The molecule has 2 aromatic rings. The first-order valence-electron chi connectivity index (χ1n) is 9.53. The number of para-hydroxylation sites is 1. The van der Waals surface area contributed by atoms with Gasteiger partial charge in [-0.15, -0.1) is 0 Å². The molecule has 3 atom stereocenters. The van der Waals surface area contributed by atoms with Crippen LogP contribution in [-0.4, -0.2) is 39.6 Å². The molecule has 1 aromatic heterocycles. The summed E-state index contributed by atoms with van der Waals surface area (Å²) in [5, 5.41) is 11.5. The zero-order valence-corrected chi connectivity index (χ0v) is 14.6. The number of rotatable bonds is 3. The van der Waals surface area contributed by atoms with Crippen LogP contribution in [0.15, 0.2) is 36.5 Å². The van der Waals surface area contributed by atoms with E-state index in [4.69, 9.17) is 0 Å². The number of hydrogen-bond acceptors (Lipinski definition) is 3. The molecule has 1 saturated heterocycles. The van der Waals surface area contributed by atoms with Gasteiger partial charge in [0.1, 0.15) is 0 Å². The van der Waals surface area contributed by atoms with E-state index >= 15 is 0 Å². The Morgan fingerprint density at radius 3 is 2.88 bits per heavy atom. The first-order chi connectivity index (χ1) is 12.2. The highest BCUT2D eigenvalue weighted by Crippen LogP contribution is 2.35. The number of aromatic nitrogens is 1. The molecule has 25 heavy (non-hydrogen) atoms. The fourth-order valence-electron chi connectivity index (χ4n) is 4.63. The van der Waals surface area contributed by atoms with Crippen LogP contribution in [0.4, 0.5) is 0 Å². The summed E-state index contributed by atoms with van der Waals surface area (Å²) in [7, 11) is 0. The minimum atomic E-state index is -0.241. The summed E-state index contributed by atoms with van der Waals surface area (Å²) in [6, 6.07) is 10.3. The molecule has 2 aliphatic rings. The molecule has 2 fully saturated rings. The highest BCUT2D eigenvalue weighted by atomic mass is 16.3. The number of aliphatic hydroxyl groups is 1. The zero-order chi connectivity index (χ0) is 17.2. The number of amides is 1. The lowest BCUT2D eigenvalue weighted by atomic mass is 9.80. The molecule has 132 valence electrons. The number of pyridine rings is 1. The van der Waals surface area contributed by atoms with E-state index in [0.29, 0.717) is 6.42 Å². The average molecular weight is 338 g/mol. The van der Waals surface area contributed by atoms with Crippen molar-refractivity contribution in [3.8, 4) is 0 Å². The molecular weight excluding hydrogens is 312 g/mol. The van der Waals surface area contributed by atoms with Crippen LogP contribution >= 0.6 is 0 Å². The highest BCUT2D eigenvalue weighted by Gasteiger charge is 2.38. The maximum absolute atomic E-state index is 12.9. The Morgan fingerprint density at radius 2 is 2.00 bits per heavy atom. The van der Waals surface area contributed by atoms with E-state index in [0.717, 1.165) is 55.1 Å². The third-order valence-corrected chi connectivity index (χ3v) is 5.90. The van der Waals surface area contributed by atoms with Crippen molar-refractivity contribution in [2.24, 2.45) is 5.92 Å². The van der Waals surface area contributed by atoms with Crippen molar-refractivity contribution < 1.29 is 9.90 Å². The normalized spacial score (nSPS) is 26.9. The molecule has 0 radical (unpaired) electrons. The molecule has 2 heterocycles. The minimum Gasteiger partial charge on any atom is -0.393 e. The van der Waals surface area contributed by atoms with Crippen LogP contribution in [0.25, 0.3) is 10.9 Å². The highest BCUT2D eigenvalue weighted by molar-refractivity contribution is 5.83. The van der Waals surface area contributed by atoms with Gasteiger partial charge in [0.25, 0.3) is 0 Å². The Morgan fingerprint density at radius 1 is 1.16 bits per heavy atom. The fraction of sp³-hybridized carbons (Fsp3) is 0.524. The lowest BCUT2D eigenvalue weighted by molar-refractivity contribution is -0.133. The van der Waals surface area contributed by atoms with Crippen molar-refractivity contribution in [1.82, 2.24) is 9.88 Å². The first kappa shape index (κ1) is 16.5. The maximum Gasteiger partial charge on any atom is 0.227 e. The van der Waals surface area contributed by atoms with E-state index in [1.165, 1.54) is 6.42 Å². The van der Waals surface area contributed by atoms with Crippen molar-refractivity contribution in [3.63, 3.8) is 0 Å². The van der Waals surface area contributed by atoms with Crippen LogP contribution in [0, 0.1) is 5.92 Å². The molecule has 4 heteroatoms. The van der Waals surface area contributed by atoms with Crippen LogP contribution in [0.2, 0.25) is 0 Å². The number of carbonyl (C=O) groups is 1. The van der Waals surface area contributed by atoms with Crippen molar-refractivity contribution in [2.75, 3.05) is 6.54 Å². The predicted octanol–water partition coefficient (Wildman–Crippen LogP) is 3.32. The zero-order valence-electron chi connectivity index (χ0n) is 14.6. The van der Waals surface area contributed by atoms with Gasteiger partial charge >= 0.3 is 0 Å². The monoisotopic (exact) mass is 338 g/mol. The number of hydrogen-bond donors (Lipinski definition) is 1. The molecule has 1 aliphatic heterocycles. The number of benzene rings is 1. The minimum absolute atomic E-state index is 0.178. The number of likely N-dealkylation sites (tertiary alicyclic amines) is 1. The quantitative estimate of drug-likeness (QED) is 0.934. The summed E-state index contributed by atoms with van der Waals surface area (Å²) in [5.74, 6) is 0.437. The predicted molar refractivity (Wildman–Crippen MR) is 98.1 cm³/mol. The molecule has 4 rings (SSSR count). The molecule has 1 aliphatic carbocycles. The molecule has 0 bridgehead atoms. The standard InChI is InChI=1S/C21H26N2O2/c24-20-10-4-2-7-17(20)19-9-5-11-23(19)21(25)13-15-12-16-6-1-3-8-18(16)22-14-15/h1,3,6,8,12,14,17,19-20,24H,2,4-5,7,9-11,13H2/t17-,19-,20-/m1/s1. The lowest BCUT2D eigenvalue weighted by Crippen LogP contribution is -2.45. The number of carbonyl (C=O) groups excluding carboxylic acids is 1. The Bertz CT molecular complexity index is 760. The van der Waals surface area contributed by atoms with E-state index in [1.54, 1.807) is 0 Å².